The Balaban J connectivity index is 2.23. The summed E-state index contributed by atoms with van der Waals surface area (Å²) >= 11 is 0. The first-order chi connectivity index (χ1) is 11.8. The van der Waals surface area contributed by atoms with Crippen LogP contribution >= 0.6 is 0 Å². The fraction of sp³-hybridized carbons (Fsp3) is 0.222. The Hall–Kier alpha value is -3.22. The van der Waals surface area contributed by atoms with Gasteiger partial charge in [0.25, 0.3) is 11.5 Å². The largest absolute Gasteiger partial charge is 0.332 e. The Labute approximate surface area is 143 Å². The van der Waals surface area contributed by atoms with E-state index in [1.54, 1.807) is 32.2 Å². The summed E-state index contributed by atoms with van der Waals surface area (Å²) in [5, 5.41) is 3.02. The number of aromatic nitrogens is 3. The van der Waals surface area contributed by atoms with Crippen LogP contribution in [0.5, 0.6) is 0 Å². The highest BCUT2D eigenvalue weighted by molar-refractivity contribution is 6.08. The highest BCUT2D eigenvalue weighted by Gasteiger charge is 2.18. The Morgan fingerprint density at radius 2 is 1.84 bits per heavy atom. The van der Waals surface area contributed by atoms with E-state index in [1.165, 1.54) is 17.8 Å². The van der Waals surface area contributed by atoms with Crippen molar-refractivity contribution in [3.8, 4) is 0 Å². The molecule has 1 amide bonds. The number of anilines is 1. The van der Waals surface area contributed by atoms with Crippen LogP contribution in [0.15, 0.2) is 40.1 Å². The molecule has 0 aliphatic rings. The molecule has 2 aromatic heterocycles. The second-order valence-electron chi connectivity index (χ2n) is 6.04. The van der Waals surface area contributed by atoms with Crippen molar-refractivity contribution in [2.24, 2.45) is 14.1 Å². The molecule has 3 rings (SSSR count). The third-order valence-corrected chi connectivity index (χ3v) is 4.18. The SMILES string of the molecule is Cc1cccc(C(=O)Nc2c(C)cnc3c2c(=O)n(C)c(=O)n3C)c1. The Bertz CT molecular complexity index is 1130. The normalized spacial score (nSPS) is 10.9. The summed E-state index contributed by atoms with van der Waals surface area (Å²) in [5.74, 6) is -0.324. The van der Waals surface area contributed by atoms with Crippen LogP contribution in [-0.2, 0) is 14.1 Å². The first-order valence-electron chi connectivity index (χ1n) is 7.74. The summed E-state index contributed by atoms with van der Waals surface area (Å²) in [6.45, 7) is 3.65. The summed E-state index contributed by atoms with van der Waals surface area (Å²) < 4.78 is 2.30. The standard InChI is InChI=1S/C18H18N4O3/c1-10-6-5-7-12(8-10)16(23)20-14-11(2)9-19-15-13(14)17(24)22(4)18(25)21(15)3/h5-9H,1-4H3,(H,19,20,23). The van der Waals surface area contributed by atoms with Crippen LogP contribution in [0.25, 0.3) is 11.0 Å². The molecule has 25 heavy (non-hydrogen) atoms. The third kappa shape index (κ3) is 2.73. The van der Waals surface area contributed by atoms with Crippen LogP contribution in [0.3, 0.4) is 0 Å². The van der Waals surface area contributed by atoms with E-state index in [-0.39, 0.29) is 16.9 Å². The van der Waals surface area contributed by atoms with Gasteiger partial charge in [-0.3, -0.25) is 18.7 Å². The number of nitrogens with zero attached hydrogens (tertiary/aromatic N) is 3. The van der Waals surface area contributed by atoms with Crippen molar-refractivity contribution >= 4 is 22.6 Å². The lowest BCUT2D eigenvalue weighted by Crippen LogP contribution is -2.37. The van der Waals surface area contributed by atoms with Crippen LogP contribution in [0.2, 0.25) is 0 Å². The van der Waals surface area contributed by atoms with Gasteiger partial charge < -0.3 is 5.32 Å². The van der Waals surface area contributed by atoms with Crippen LogP contribution in [-0.4, -0.2) is 20.0 Å². The van der Waals surface area contributed by atoms with Crippen LogP contribution in [0.1, 0.15) is 21.5 Å². The van der Waals surface area contributed by atoms with Gasteiger partial charge in [0.1, 0.15) is 5.39 Å². The zero-order valence-corrected chi connectivity index (χ0v) is 14.5. The van der Waals surface area contributed by atoms with Gasteiger partial charge in [0.05, 0.1) is 5.69 Å². The minimum Gasteiger partial charge on any atom is -0.321 e. The minimum absolute atomic E-state index is 0.214. The van der Waals surface area contributed by atoms with E-state index < -0.39 is 11.2 Å². The monoisotopic (exact) mass is 338 g/mol. The van der Waals surface area contributed by atoms with E-state index in [0.717, 1.165) is 10.1 Å². The van der Waals surface area contributed by atoms with Gasteiger partial charge in [-0.25, -0.2) is 9.78 Å². The third-order valence-electron chi connectivity index (χ3n) is 4.18. The van der Waals surface area contributed by atoms with E-state index in [2.05, 4.69) is 10.3 Å². The molecule has 128 valence electrons. The topological polar surface area (TPSA) is 86.0 Å². The number of amides is 1. The van der Waals surface area contributed by atoms with Crippen molar-refractivity contribution in [3.63, 3.8) is 0 Å². The number of hydrogen-bond acceptors (Lipinski definition) is 4. The molecule has 0 radical (unpaired) electrons. The number of rotatable bonds is 2. The molecule has 0 bridgehead atoms. The summed E-state index contributed by atoms with van der Waals surface area (Å²) in [7, 11) is 2.94. The second-order valence-corrected chi connectivity index (χ2v) is 6.04. The minimum atomic E-state index is -0.492. The number of aryl methyl sites for hydroxylation is 3. The van der Waals surface area contributed by atoms with Gasteiger partial charge in [0.15, 0.2) is 5.65 Å². The number of nitrogens with one attached hydrogen (secondary N) is 1. The molecule has 2 heterocycles. The quantitative estimate of drug-likeness (QED) is 0.767. The predicted octanol–water partition coefficient (Wildman–Crippen LogP) is 1.50. The highest BCUT2D eigenvalue weighted by atomic mass is 16.2. The van der Waals surface area contributed by atoms with Gasteiger partial charge >= 0.3 is 5.69 Å². The lowest BCUT2D eigenvalue weighted by Gasteiger charge is -2.14. The van der Waals surface area contributed by atoms with Gasteiger partial charge in [-0.1, -0.05) is 17.7 Å². The van der Waals surface area contributed by atoms with Crippen molar-refractivity contribution in [1.82, 2.24) is 14.1 Å². The summed E-state index contributed by atoms with van der Waals surface area (Å²) in [6.07, 6.45) is 1.53. The van der Waals surface area contributed by atoms with E-state index in [1.807, 2.05) is 13.0 Å². The van der Waals surface area contributed by atoms with Crippen molar-refractivity contribution < 1.29 is 4.79 Å². The first-order valence-corrected chi connectivity index (χ1v) is 7.74. The zero-order valence-electron chi connectivity index (χ0n) is 14.5. The maximum Gasteiger partial charge on any atom is 0.332 e. The molecule has 7 nitrogen and oxygen atoms in total. The van der Waals surface area contributed by atoms with Crippen LogP contribution in [0.4, 0.5) is 5.69 Å². The fourth-order valence-corrected chi connectivity index (χ4v) is 2.76. The van der Waals surface area contributed by atoms with E-state index in [9.17, 15) is 14.4 Å². The average molecular weight is 338 g/mol. The van der Waals surface area contributed by atoms with Gasteiger partial charge in [-0.05, 0) is 31.5 Å². The zero-order chi connectivity index (χ0) is 18.3. The molecule has 0 unspecified atom stereocenters. The van der Waals surface area contributed by atoms with Crippen molar-refractivity contribution in [2.45, 2.75) is 13.8 Å². The fourth-order valence-electron chi connectivity index (χ4n) is 2.76. The Kier molecular flexibility index (Phi) is 4.00. The van der Waals surface area contributed by atoms with Gasteiger partial charge in [0.2, 0.25) is 0 Å². The molecule has 0 saturated carbocycles. The van der Waals surface area contributed by atoms with Crippen molar-refractivity contribution in [2.75, 3.05) is 5.32 Å². The summed E-state index contributed by atoms with van der Waals surface area (Å²) in [6, 6.07) is 7.16. The predicted molar refractivity (Wildman–Crippen MR) is 96.1 cm³/mol. The smallest absolute Gasteiger partial charge is 0.321 e. The molecule has 7 heteroatoms. The molecule has 0 aliphatic carbocycles. The molecular formula is C18H18N4O3. The van der Waals surface area contributed by atoms with Crippen LogP contribution < -0.4 is 16.6 Å². The van der Waals surface area contributed by atoms with Gasteiger partial charge in [-0.2, -0.15) is 0 Å². The summed E-state index contributed by atoms with van der Waals surface area (Å²) in [5.41, 5.74) is 1.74. The number of carbonyl (C=O) groups excluding carboxylic acids is 1. The molecule has 0 saturated heterocycles. The average Bonchev–Trinajstić information content (AvgIpc) is 2.59. The van der Waals surface area contributed by atoms with Gasteiger partial charge in [0, 0.05) is 25.9 Å². The Morgan fingerprint density at radius 3 is 2.52 bits per heavy atom. The highest BCUT2D eigenvalue weighted by Crippen LogP contribution is 2.22. The van der Waals surface area contributed by atoms with Crippen molar-refractivity contribution in [3.05, 3.63) is 68.0 Å². The lowest BCUT2D eigenvalue weighted by atomic mass is 10.1. The maximum atomic E-state index is 12.6. The summed E-state index contributed by atoms with van der Waals surface area (Å²) in [4.78, 5) is 41.5. The number of hydrogen-bond donors (Lipinski definition) is 1. The van der Waals surface area contributed by atoms with Gasteiger partial charge in [-0.15, -0.1) is 0 Å². The molecular weight excluding hydrogens is 320 g/mol. The maximum absolute atomic E-state index is 12.6. The number of pyridine rings is 1. The molecule has 0 aliphatic heterocycles. The van der Waals surface area contributed by atoms with E-state index in [4.69, 9.17) is 0 Å². The molecule has 3 aromatic rings. The first kappa shape index (κ1) is 16.6. The van der Waals surface area contributed by atoms with E-state index in [0.29, 0.717) is 16.8 Å². The van der Waals surface area contributed by atoms with E-state index >= 15 is 0 Å². The van der Waals surface area contributed by atoms with Crippen molar-refractivity contribution in [1.29, 1.82) is 0 Å². The molecule has 0 atom stereocenters. The number of fused-ring (bicyclic) bond motifs is 1. The molecule has 1 N–H and O–H groups in total. The molecule has 0 spiro atoms. The molecule has 1 aromatic carbocycles. The number of carbonyl (C=O) groups is 1. The second kappa shape index (κ2) is 6.01. The lowest BCUT2D eigenvalue weighted by molar-refractivity contribution is 0.102. The van der Waals surface area contributed by atoms with Crippen LogP contribution in [0, 0.1) is 13.8 Å². The Morgan fingerprint density at radius 1 is 1.12 bits per heavy atom. The number of benzene rings is 1. The molecule has 0 fully saturated rings.